The van der Waals surface area contributed by atoms with Gasteiger partial charge in [0.05, 0.1) is 6.04 Å². The number of nitrogens with one attached hydrogen (secondary N) is 2. The molecule has 1 aromatic rings. The number of hydrogen-bond donors (Lipinski definition) is 2. The lowest BCUT2D eigenvalue weighted by molar-refractivity contribution is -0.142. The maximum Gasteiger partial charge on any atom is 0.322 e. The van der Waals surface area contributed by atoms with Gasteiger partial charge >= 0.3 is 6.03 Å². The van der Waals surface area contributed by atoms with Crippen molar-refractivity contribution in [2.75, 3.05) is 18.4 Å². The van der Waals surface area contributed by atoms with E-state index in [1.54, 1.807) is 28.9 Å². The van der Waals surface area contributed by atoms with Gasteiger partial charge in [0, 0.05) is 37.3 Å². The van der Waals surface area contributed by atoms with Crippen molar-refractivity contribution in [1.82, 2.24) is 15.1 Å². The van der Waals surface area contributed by atoms with Crippen molar-refractivity contribution in [3.05, 3.63) is 29.6 Å². The first kappa shape index (κ1) is 21.1. The first-order valence-corrected chi connectivity index (χ1v) is 10.1. The van der Waals surface area contributed by atoms with Gasteiger partial charge in [-0.05, 0) is 37.8 Å². The third kappa shape index (κ3) is 4.52. The number of rotatable bonds is 4. The van der Waals surface area contributed by atoms with Crippen LogP contribution in [0.1, 0.15) is 39.2 Å². The summed E-state index contributed by atoms with van der Waals surface area (Å²) in [7, 11) is 0. The summed E-state index contributed by atoms with van der Waals surface area (Å²) in [5.41, 5.74) is 0.758. The van der Waals surface area contributed by atoms with E-state index in [2.05, 4.69) is 10.6 Å². The molecular formula is C21H29FN4O3. The van der Waals surface area contributed by atoms with Crippen LogP contribution < -0.4 is 10.6 Å². The number of anilines is 1. The standard InChI is InChI=1S/C21H29FN4O3/c1-12(2)8-19-20(28)25-10-15(23-14(4)27)9-16(25)11-26(19)21(29)24-18-7-5-6-17(22)13(18)3/h5-7,12,15-16,19H,8-11H2,1-4H3,(H,23,27)(H,24,29)/t15-,16-,19-/m0/s1. The van der Waals surface area contributed by atoms with Crippen molar-refractivity contribution < 1.29 is 18.8 Å². The van der Waals surface area contributed by atoms with E-state index in [9.17, 15) is 18.8 Å². The van der Waals surface area contributed by atoms with Gasteiger partial charge in [0.15, 0.2) is 0 Å². The minimum absolute atomic E-state index is 0.0890. The summed E-state index contributed by atoms with van der Waals surface area (Å²) in [6, 6.07) is 3.32. The molecule has 0 radical (unpaired) electrons. The molecule has 0 aliphatic carbocycles. The van der Waals surface area contributed by atoms with Gasteiger partial charge in [0.2, 0.25) is 11.8 Å². The van der Waals surface area contributed by atoms with Crippen LogP contribution in [-0.2, 0) is 9.59 Å². The average molecular weight is 404 g/mol. The van der Waals surface area contributed by atoms with Crippen LogP contribution in [0.3, 0.4) is 0 Å². The molecule has 29 heavy (non-hydrogen) atoms. The van der Waals surface area contributed by atoms with E-state index in [1.807, 2.05) is 13.8 Å². The lowest BCUT2D eigenvalue weighted by atomic mass is 9.97. The summed E-state index contributed by atoms with van der Waals surface area (Å²) < 4.78 is 13.8. The molecule has 3 atom stereocenters. The zero-order valence-electron chi connectivity index (χ0n) is 17.4. The molecule has 8 heteroatoms. The van der Waals surface area contributed by atoms with E-state index in [-0.39, 0.29) is 29.8 Å². The molecule has 3 rings (SSSR count). The molecule has 0 spiro atoms. The van der Waals surface area contributed by atoms with Gasteiger partial charge < -0.3 is 20.4 Å². The first-order chi connectivity index (χ1) is 13.7. The highest BCUT2D eigenvalue weighted by Crippen LogP contribution is 2.30. The van der Waals surface area contributed by atoms with Crippen LogP contribution in [0.5, 0.6) is 0 Å². The zero-order valence-corrected chi connectivity index (χ0v) is 17.4. The van der Waals surface area contributed by atoms with E-state index >= 15 is 0 Å². The Morgan fingerprint density at radius 2 is 2.00 bits per heavy atom. The fraction of sp³-hybridized carbons (Fsp3) is 0.571. The molecule has 1 aromatic carbocycles. The Morgan fingerprint density at radius 1 is 1.28 bits per heavy atom. The van der Waals surface area contributed by atoms with Crippen LogP contribution in [0, 0.1) is 18.7 Å². The van der Waals surface area contributed by atoms with E-state index in [0.29, 0.717) is 37.2 Å². The van der Waals surface area contributed by atoms with Gasteiger partial charge in [0.25, 0.3) is 0 Å². The Morgan fingerprint density at radius 3 is 2.66 bits per heavy atom. The van der Waals surface area contributed by atoms with Gasteiger partial charge in [-0.2, -0.15) is 0 Å². The minimum Gasteiger partial charge on any atom is -0.352 e. The quantitative estimate of drug-likeness (QED) is 0.809. The summed E-state index contributed by atoms with van der Waals surface area (Å²) in [4.78, 5) is 41.0. The Hall–Kier alpha value is -2.64. The van der Waals surface area contributed by atoms with Crippen molar-refractivity contribution in [1.29, 1.82) is 0 Å². The number of urea groups is 1. The molecule has 2 aliphatic heterocycles. The van der Waals surface area contributed by atoms with Crippen molar-refractivity contribution in [2.45, 2.75) is 58.7 Å². The average Bonchev–Trinajstić information content (AvgIpc) is 3.03. The van der Waals surface area contributed by atoms with Gasteiger partial charge in [0.1, 0.15) is 11.9 Å². The molecule has 2 aliphatic rings. The number of carbonyl (C=O) groups excluding carboxylic acids is 3. The summed E-state index contributed by atoms with van der Waals surface area (Å²) in [6.07, 6.45) is 1.16. The number of nitrogens with zero attached hydrogens (tertiary/aromatic N) is 2. The van der Waals surface area contributed by atoms with E-state index in [0.717, 1.165) is 0 Å². The molecule has 7 nitrogen and oxygen atoms in total. The minimum atomic E-state index is -0.573. The number of fused-ring (bicyclic) bond motifs is 1. The highest BCUT2D eigenvalue weighted by molar-refractivity contribution is 5.95. The lowest BCUT2D eigenvalue weighted by Crippen LogP contribution is -2.62. The molecule has 4 amide bonds. The Kier molecular flexibility index (Phi) is 6.10. The van der Waals surface area contributed by atoms with Crippen LogP contribution in [-0.4, -0.2) is 58.9 Å². The molecule has 0 bridgehead atoms. The molecule has 2 heterocycles. The zero-order chi connectivity index (χ0) is 21.3. The number of amides is 4. The van der Waals surface area contributed by atoms with Gasteiger partial charge in [-0.1, -0.05) is 19.9 Å². The molecule has 0 aromatic heterocycles. The number of hydrogen-bond acceptors (Lipinski definition) is 3. The summed E-state index contributed by atoms with van der Waals surface area (Å²) >= 11 is 0. The van der Waals surface area contributed by atoms with Crippen molar-refractivity contribution >= 4 is 23.5 Å². The van der Waals surface area contributed by atoms with Crippen LogP contribution in [0.4, 0.5) is 14.9 Å². The van der Waals surface area contributed by atoms with Gasteiger partial charge in [-0.25, -0.2) is 9.18 Å². The Balaban J connectivity index is 1.81. The smallest absolute Gasteiger partial charge is 0.322 e. The van der Waals surface area contributed by atoms with Gasteiger partial charge in [-0.15, -0.1) is 0 Å². The molecule has 2 saturated heterocycles. The summed E-state index contributed by atoms with van der Waals surface area (Å²) in [6.45, 7) is 7.94. The van der Waals surface area contributed by atoms with E-state index in [4.69, 9.17) is 0 Å². The van der Waals surface area contributed by atoms with Crippen LogP contribution in [0.2, 0.25) is 0 Å². The number of piperazine rings is 1. The Labute approximate surface area is 170 Å². The SMILES string of the molecule is CC(=O)N[C@H]1C[C@H]2CN(C(=O)Nc3cccc(F)c3C)[C@@H](CC(C)C)C(=O)N2C1. The second-order valence-corrected chi connectivity index (χ2v) is 8.42. The molecule has 2 N–H and O–H groups in total. The number of benzene rings is 1. The molecule has 2 fully saturated rings. The predicted octanol–water partition coefficient (Wildman–Crippen LogP) is 2.50. The lowest BCUT2D eigenvalue weighted by Gasteiger charge is -2.43. The molecule has 0 saturated carbocycles. The third-order valence-electron chi connectivity index (χ3n) is 5.64. The summed E-state index contributed by atoms with van der Waals surface area (Å²) in [5.74, 6) is -0.386. The second-order valence-electron chi connectivity index (χ2n) is 8.42. The van der Waals surface area contributed by atoms with Crippen molar-refractivity contribution in [3.8, 4) is 0 Å². The third-order valence-corrected chi connectivity index (χ3v) is 5.64. The largest absolute Gasteiger partial charge is 0.352 e. The van der Waals surface area contributed by atoms with Crippen LogP contribution in [0.25, 0.3) is 0 Å². The maximum absolute atomic E-state index is 13.8. The van der Waals surface area contributed by atoms with Crippen LogP contribution in [0.15, 0.2) is 18.2 Å². The normalized spacial score (nSPS) is 23.9. The molecule has 158 valence electrons. The number of halogens is 1. The van der Waals surface area contributed by atoms with Crippen molar-refractivity contribution in [2.24, 2.45) is 5.92 Å². The van der Waals surface area contributed by atoms with Crippen LogP contribution >= 0.6 is 0 Å². The molecular weight excluding hydrogens is 375 g/mol. The van der Waals surface area contributed by atoms with E-state index < -0.39 is 17.9 Å². The fourth-order valence-corrected chi connectivity index (χ4v) is 4.26. The van der Waals surface area contributed by atoms with Gasteiger partial charge in [-0.3, -0.25) is 9.59 Å². The van der Waals surface area contributed by atoms with Crippen molar-refractivity contribution in [3.63, 3.8) is 0 Å². The Bertz CT molecular complexity index is 813. The number of carbonyl (C=O) groups is 3. The second kappa shape index (κ2) is 8.39. The first-order valence-electron chi connectivity index (χ1n) is 10.1. The topological polar surface area (TPSA) is 81.8 Å². The van der Waals surface area contributed by atoms with E-state index in [1.165, 1.54) is 13.0 Å². The maximum atomic E-state index is 13.8. The summed E-state index contributed by atoms with van der Waals surface area (Å²) in [5, 5.41) is 5.65. The highest BCUT2D eigenvalue weighted by atomic mass is 19.1. The predicted molar refractivity (Wildman–Crippen MR) is 108 cm³/mol. The molecule has 0 unspecified atom stereocenters. The highest BCUT2D eigenvalue weighted by Gasteiger charge is 2.47. The monoisotopic (exact) mass is 404 g/mol. The fourth-order valence-electron chi connectivity index (χ4n) is 4.26.